The molecule has 0 bridgehead atoms. The first-order chi connectivity index (χ1) is 16.3. The largest absolute Gasteiger partial charge is 0.496 e. The smallest absolute Gasteiger partial charge is 0.416 e. The number of aryl methyl sites for hydroxylation is 1. The van der Waals surface area contributed by atoms with Crippen molar-refractivity contribution in [2.45, 2.75) is 38.0 Å². The number of carbonyl (C=O) groups excluding carboxylic acids is 1. The monoisotopic (exact) mass is 471 g/mol. The quantitative estimate of drug-likeness (QED) is 0.573. The van der Waals surface area contributed by atoms with E-state index < -0.39 is 17.8 Å². The van der Waals surface area contributed by atoms with Crippen LogP contribution in [-0.2, 0) is 10.9 Å². The van der Waals surface area contributed by atoms with Crippen molar-refractivity contribution >= 4 is 5.91 Å². The Morgan fingerprint density at radius 3 is 2.47 bits per heavy atom. The van der Waals surface area contributed by atoms with Gasteiger partial charge in [-0.2, -0.15) is 18.3 Å². The lowest BCUT2D eigenvalue weighted by molar-refractivity contribution is -0.137. The van der Waals surface area contributed by atoms with Crippen molar-refractivity contribution in [2.75, 3.05) is 20.3 Å². The summed E-state index contributed by atoms with van der Waals surface area (Å²) in [5.41, 5.74) is 3.15. The lowest BCUT2D eigenvalue weighted by atomic mass is 9.93. The van der Waals surface area contributed by atoms with E-state index in [9.17, 15) is 18.0 Å². The Bertz CT molecular complexity index is 1210. The maximum absolute atomic E-state index is 13.6. The van der Waals surface area contributed by atoms with Crippen LogP contribution in [0.3, 0.4) is 0 Å². The Balaban J connectivity index is 1.67. The molecule has 1 saturated heterocycles. The highest BCUT2D eigenvalue weighted by atomic mass is 19.4. The zero-order valence-electron chi connectivity index (χ0n) is 18.8. The molecule has 0 aliphatic carbocycles. The molecule has 2 aliphatic rings. The number of halogens is 3. The molecule has 1 N–H and O–H groups in total. The van der Waals surface area contributed by atoms with E-state index >= 15 is 0 Å². The molecule has 0 radical (unpaired) electrons. The molecule has 1 aromatic heterocycles. The van der Waals surface area contributed by atoms with Crippen molar-refractivity contribution in [2.24, 2.45) is 0 Å². The van der Waals surface area contributed by atoms with Crippen molar-refractivity contribution in [1.29, 1.82) is 0 Å². The number of H-pyrrole nitrogens is 1. The van der Waals surface area contributed by atoms with Crippen LogP contribution in [0, 0.1) is 6.92 Å². The van der Waals surface area contributed by atoms with Gasteiger partial charge < -0.3 is 14.4 Å². The zero-order valence-corrected chi connectivity index (χ0v) is 18.8. The van der Waals surface area contributed by atoms with Crippen molar-refractivity contribution < 1.29 is 27.4 Å². The number of fused-ring (bicyclic) bond motifs is 1. The molecule has 1 unspecified atom stereocenters. The molecular weight excluding hydrogens is 447 g/mol. The molecule has 2 aliphatic heterocycles. The lowest BCUT2D eigenvalue weighted by Gasteiger charge is -2.36. The third-order valence-electron chi connectivity index (χ3n) is 6.55. The Morgan fingerprint density at radius 2 is 1.82 bits per heavy atom. The molecule has 34 heavy (non-hydrogen) atoms. The van der Waals surface area contributed by atoms with Crippen LogP contribution in [0.25, 0.3) is 11.3 Å². The first kappa shape index (κ1) is 22.5. The normalized spacial score (nSPS) is 18.9. The number of nitrogens with zero attached hydrogens (tertiary/aromatic N) is 2. The van der Waals surface area contributed by atoms with E-state index in [1.807, 2.05) is 25.1 Å². The molecule has 9 heteroatoms. The van der Waals surface area contributed by atoms with Gasteiger partial charge >= 0.3 is 6.18 Å². The standard InChI is InChI=1S/C25H24F3N3O3/c1-14-3-8-19(33-2)18(13-14)21-20-22(30-29-21)24(32)31(17-9-11-34-12-10-17)23(20)15-4-6-16(7-5-15)25(26,27)28/h3-8,13,17,23H,9-12H2,1-2H3,(H,29,30). The molecule has 178 valence electrons. The van der Waals surface area contributed by atoms with Gasteiger partial charge in [-0.15, -0.1) is 0 Å². The van der Waals surface area contributed by atoms with Gasteiger partial charge in [-0.25, -0.2) is 0 Å². The zero-order chi connectivity index (χ0) is 24.0. The molecule has 2 aromatic carbocycles. The van der Waals surface area contributed by atoms with Gasteiger partial charge in [0, 0.05) is 30.4 Å². The predicted octanol–water partition coefficient (Wildman–Crippen LogP) is 5.14. The minimum atomic E-state index is -4.44. The van der Waals surface area contributed by atoms with E-state index in [1.54, 1.807) is 12.0 Å². The topological polar surface area (TPSA) is 67.4 Å². The van der Waals surface area contributed by atoms with Crippen molar-refractivity contribution in [1.82, 2.24) is 15.1 Å². The van der Waals surface area contributed by atoms with Crippen LogP contribution >= 0.6 is 0 Å². The number of rotatable bonds is 4. The van der Waals surface area contributed by atoms with Gasteiger partial charge in [0.1, 0.15) is 17.1 Å². The molecule has 0 saturated carbocycles. The number of benzene rings is 2. The summed E-state index contributed by atoms with van der Waals surface area (Å²) in [6, 6.07) is 10.0. The average Bonchev–Trinajstić information content (AvgIpc) is 3.38. The highest BCUT2D eigenvalue weighted by Crippen LogP contribution is 2.47. The van der Waals surface area contributed by atoms with E-state index in [0.717, 1.165) is 23.3 Å². The van der Waals surface area contributed by atoms with E-state index in [0.29, 0.717) is 54.3 Å². The minimum Gasteiger partial charge on any atom is -0.496 e. The van der Waals surface area contributed by atoms with Gasteiger partial charge in [0.15, 0.2) is 0 Å². The van der Waals surface area contributed by atoms with Crippen LogP contribution in [0.2, 0.25) is 0 Å². The molecule has 3 aromatic rings. The minimum absolute atomic E-state index is 0.0957. The maximum Gasteiger partial charge on any atom is 0.416 e. The second-order valence-corrected chi connectivity index (χ2v) is 8.64. The molecule has 3 heterocycles. The number of nitrogens with one attached hydrogen (secondary N) is 1. The van der Waals surface area contributed by atoms with E-state index in [2.05, 4.69) is 10.2 Å². The van der Waals surface area contributed by atoms with Crippen LogP contribution in [0.4, 0.5) is 13.2 Å². The summed E-state index contributed by atoms with van der Waals surface area (Å²) < 4.78 is 50.7. The molecule has 5 rings (SSSR count). The van der Waals surface area contributed by atoms with E-state index in [4.69, 9.17) is 9.47 Å². The van der Waals surface area contributed by atoms with Crippen LogP contribution in [-0.4, -0.2) is 47.4 Å². The highest BCUT2D eigenvalue weighted by molar-refractivity contribution is 6.00. The molecule has 6 nitrogen and oxygen atoms in total. The Hall–Kier alpha value is -3.33. The van der Waals surface area contributed by atoms with Crippen LogP contribution < -0.4 is 4.74 Å². The summed E-state index contributed by atoms with van der Waals surface area (Å²) in [5.74, 6) is 0.389. The Morgan fingerprint density at radius 1 is 1.12 bits per heavy atom. The number of ether oxygens (including phenoxy) is 2. The van der Waals surface area contributed by atoms with Crippen molar-refractivity contribution in [3.63, 3.8) is 0 Å². The summed E-state index contributed by atoms with van der Waals surface area (Å²) >= 11 is 0. The van der Waals surface area contributed by atoms with Crippen LogP contribution in [0.15, 0.2) is 42.5 Å². The van der Waals surface area contributed by atoms with E-state index in [1.165, 1.54) is 12.1 Å². The number of carbonyl (C=O) groups is 1. The fourth-order valence-corrected chi connectivity index (χ4v) is 4.90. The van der Waals surface area contributed by atoms with Gasteiger partial charge in [-0.1, -0.05) is 23.8 Å². The predicted molar refractivity (Wildman–Crippen MR) is 119 cm³/mol. The molecular formula is C25H24F3N3O3. The maximum atomic E-state index is 13.6. The van der Waals surface area contributed by atoms with Gasteiger partial charge in [0.25, 0.3) is 5.91 Å². The lowest BCUT2D eigenvalue weighted by Crippen LogP contribution is -2.42. The highest BCUT2D eigenvalue weighted by Gasteiger charge is 2.46. The first-order valence-corrected chi connectivity index (χ1v) is 11.1. The van der Waals surface area contributed by atoms with Gasteiger partial charge in [-0.05, 0) is 49.6 Å². The van der Waals surface area contributed by atoms with Crippen LogP contribution in [0.1, 0.15) is 51.6 Å². The summed E-state index contributed by atoms with van der Waals surface area (Å²) in [4.78, 5) is 15.4. The number of amides is 1. The van der Waals surface area contributed by atoms with Crippen molar-refractivity contribution in [3.8, 4) is 17.0 Å². The molecule has 1 atom stereocenters. The van der Waals surface area contributed by atoms with Gasteiger partial charge in [-0.3, -0.25) is 9.89 Å². The fourth-order valence-electron chi connectivity index (χ4n) is 4.90. The second kappa shape index (κ2) is 8.47. The number of alkyl halides is 3. The summed E-state index contributed by atoms with van der Waals surface area (Å²) in [5, 5.41) is 7.36. The number of methoxy groups -OCH3 is 1. The second-order valence-electron chi connectivity index (χ2n) is 8.64. The molecule has 0 spiro atoms. The molecule has 1 fully saturated rings. The van der Waals surface area contributed by atoms with Crippen molar-refractivity contribution in [3.05, 3.63) is 70.4 Å². The summed E-state index contributed by atoms with van der Waals surface area (Å²) in [7, 11) is 1.56. The molecule has 1 amide bonds. The average molecular weight is 471 g/mol. The van der Waals surface area contributed by atoms with Gasteiger partial charge in [0.2, 0.25) is 0 Å². The number of aromatic amines is 1. The number of hydrogen-bond donors (Lipinski definition) is 1. The van der Waals surface area contributed by atoms with Gasteiger partial charge in [0.05, 0.1) is 18.7 Å². The third kappa shape index (κ3) is 3.73. The summed E-state index contributed by atoms with van der Waals surface area (Å²) in [6.45, 7) is 3.00. The number of aromatic nitrogens is 2. The summed E-state index contributed by atoms with van der Waals surface area (Å²) in [6.07, 6.45) is -3.13. The Labute approximate surface area is 194 Å². The number of hydrogen-bond acceptors (Lipinski definition) is 4. The third-order valence-corrected chi connectivity index (χ3v) is 6.55. The van der Waals surface area contributed by atoms with E-state index in [-0.39, 0.29) is 11.9 Å². The van der Waals surface area contributed by atoms with Crippen LogP contribution in [0.5, 0.6) is 5.75 Å². The SMILES string of the molecule is COc1ccc(C)cc1-c1n[nH]c2c1C(c1ccc(C(F)(F)F)cc1)N(C1CCOCC1)C2=O. The Kier molecular flexibility index (Phi) is 5.59. The first-order valence-electron chi connectivity index (χ1n) is 11.1. The fraction of sp³-hybridized carbons (Fsp3) is 0.360.